The van der Waals surface area contributed by atoms with Crippen molar-refractivity contribution in [2.24, 2.45) is 7.05 Å². The molecule has 2 rings (SSSR count). The van der Waals surface area contributed by atoms with Crippen LogP contribution in [-0.4, -0.2) is 15.6 Å². The Balaban J connectivity index is 2.44. The second-order valence-electron chi connectivity index (χ2n) is 4.24. The quantitative estimate of drug-likeness (QED) is 0.715. The molecule has 0 aromatic carbocycles. The lowest BCUT2D eigenvalue weighted by atomic mass is 9.85. The van der Waals surface area contributed by atoms with Gasteiger partial charge in [-0.3, -0.25) is 9.48 Å². The van der Waals surface area contributed by atoms with Crippen LogP contribution in [0, 0.1) is 0 Å². The highest BCUT2D eigenvalue weighted by molar-refractivity contribution is 6.31. The molecule has 1 unspecified atom stereocenters. The first-order valence-corrected chi connectivity index (χ1v) is 5.10. The molecule has 1 atom stereocenters. The maximum absolute atomic E-state index is 11.3. The molecule has 0 bridgehead atoms. The summed E-state index contributed by atoms with van der Waals surface area (Å²) in [6, 6.07) is 0. The van der Waals surface area contributed by atoms with Crippen LogP contribution in [-0.2, 0) is 17.3 Å². The summed E-state index contributed by atoms with van der Waals surface area (Å²) in [6.45, 7) is 2.08. The zero-order valence-electron chi connectivity index (χ0n) is 8.38. The van der Waals surface area contributed by atoms with Crippen LogP contribution in [0.2, 0.25) is 5.02 Å². The molecule has 1 aromatic heterocycles. The lowest BCUT2D eigenvalue weighted by Gasteiger charge is -2.23. The van der Waals surface area contributed by atoms with Crippen molar-refractivity contribution >= 4 is 17.4 Å². The van der Waals surface area contributed by atoms with E-state index in [1.807, 2.05) is 7.05 Å². The van der Waals surface area contributed by atoms with Crippen molar-refractivity contribution in [3.05, 3.63) is 16.9 Å². The number of carbonyl (C=O) groups is 1. The maximum Gasteiger partial charge on any atom is 0.133 e. The number of nitrogens with zero attached hydrogens (tertiary/aromatic N) is 2. The molecule has 4 heteroatoms. The van der Waals surface area contributed by atoms with Gasteiger partial charge in [-0.05, 0) is 6.42 Å². The fourth-order valence-electron chi connectivity index (χ4n) is 2.32. The molecule has 1 saturated carbocycles. The number of aromatic nitrogens is 2. The molecule has 0 aliphatic heterocycles. The number of halogens is 1. The number of ketones is 1. The first-order valence-electron chi connectivity index (χ1n) is 4.73. The summed E-state index contributed by atoms with van der Waals surface area (Å²) in [5, 5.41) is 4.78. The minimum atomic E-state index is -0.112. The van der Waals surface area contributed by atoms with E-state index in [1.54, 1.807) is 10.9 Å². The van der Waals surface area contributed by atoms with Crippen LogP contribution in [0.25, 0.3) is 0 Å². The van der Waals surface area contributed by atoms with E-state index in [9.17, 15) is 4.79 Å². The summed E-state index contributed by atoms with van der Waals surface area (Å²) in [5.41, 5.74) is 0.879. The van der Waals surface area contributed by atoms with E-state index >= 15 is 0 Å². The third-order valence-corrected chi connectivity index (χ3v) is 3.29. The van der Waals surface area contributed by atoms with Crippen LogP contribution >= 0.6 is 11.6 Å². The largest absolute Gasteiger partial charge is 0.300 e. The van der Waals surface area contributed by atoms with Crippen LogP contribution < -0.4 is 0 Å². The molecule has 1 aromatic rings. The second-order valence-corrected chi connectivity index (χ2v) is 4.65. The second kappa shape index (κ2) is 3.09. The van der Waals surface area contributed by atoms with Gasteiger partial charge in [-0.2, -0.15) is 5.10 Å². The Labute approximate surface area is 88.1 Å². The fraction of sp³-hybridized carbons (Fsp3) is 0.600. The zero-order chi connectivity index (χ0) is 10.3. The van der Waals surface area contributed by atoms with Crippen molar-refractivity contribution in [1.82, 2.24) is 9.78 Å². The highest BCUT2D eigenvalue weighted by Crippen LogP contribution is 2.41. The van der Waals surface area contributed by atoms with Gasteiger partial charge in [0.2, 0.25) is 0 Å². The van der Waals surface area contributed by atoms with Gasteiger partial charge >= 0.3 is 0 Å². The minimum Gasteiger partial charge on any atom is -0.300 e. The average molecular weight is 213 g/mol. The number of rotatable bonds is 1. The Hall–Kier alpha value is -0.830. The van der Waals surface area contributed by atoms with Crippen molar-refractivity contribution in [2.45, 2.75) is 31.6 Å². The van der Waals surface area contributed by atoms with Gasteiger partial charge in [0.15, 0.2) is 0 Å². The molecular weight excluding hydrogens is 200 g/mol. The van der Waals surface area contributed by atoms with E-state index in [2.05, 4.69) is 12.0 Å². The summed E-state index contributed by atoms with van der Waals surface area (Å²) < 4.78 is 1.78. The van der Waals surface area contributed by atoms with Crippen LogP contribution in [0.5, 0.6) is 0 Å². The topological polar surface area (TPSA) is 34.9 Å². The molecule has 1 aliphatic carbocycles. The molecule has 1 aliphatic rings. The van der Waals surface area contributed by atoms with Crippen molar-refractivity contribution in [3.63, 3.8) is 0 Å². The van der Waals surface area contributed by atoms with E-state index in [0.29, 0.717) is 23.6 Å². The highest BCUT2D eigenvalue weighted by Gasteiger charge is 2.39. The normalized spacial score (nSPS) is 27.2. The van der Waals surface area contributed by atoms with Crippen LogP contribution in [0.3, 0.4) is 0 Å². The van der Waals surface area contributed by atoms with Gasteiger partial charge in [0.1, 0.15) is 5.78 Å². The SMILES string of the molecule is Cn1ncc(Cl)c1C1(C)CCC(=O)C1. The van der Waals surface area contributed by atoms with Gasteiger partial charge in [0, 0.05) is 25.3 Å². The molecule has 1 heterocycles. The van der Waals surface area contributed by atoms with E-state index in [4.69, 9.17) is 11.6 Å². The third-order valence-electron chi connectivity index (χ3n) is 3.01. The fourth-order valence-corrected chi connectivity index (χ4v) is 2.71. The minimum absolute atomic E-state index is 0.112. The van der Waals surface area contributed by atoms with Crippen LogP contribution in [0.15, 0.2) is 6.20 Å². The van der Waals surface area contributed by atoms with Crippen molar-refractivity contribution < 1.29 is 4.79 Å². The summed E-state index contributed by atoms with van der Waals surface area (Å²) in [5.74, 6) is 0.324. The van der Waals surface area contributed by atoms with Gasteiger partial charge in [0.05, 0.1) is 16.9 Å². The summed E-state index contributed by atoms with van der Waals surface area (Å²) >= 11 is 6.07. The number of hydrogen-bond acceptors (Lipinski definition) is 2. The lowest BCUT2D eigenvalue weighted by molar-refractivity contribution is -0.117. The molecule has 0 radical (unpaired) electrons. The molecule has 0 spiro atoms. The molecular formula is C10H13ClN2O. The van der Waals surface area contributed by atoms with Crippen LogP contribution in [0.4, 0.5) is 0 Å². The molecule has 0 N–H and O–H groups in total. The summed E-state index contributed by atoms with van der Waals surface area (Å²) in [7, 11) is 1.87. The van der Waals surface area contributed by atoms with Gasteiger partial charge in [-0.1, -0.05) is 18.5 Å². The Morgan fingerprint density at radius 1 is 1.64 bits per heavy atom. The van der Waals surface area contributed by atoms with E-state index in [-0.39, 0.29) is 5.41 Å². The van der Waals surface area contributed by atoms with E-state index in [1.165, 1.54) is 0 Å². The number of hydrogen-bond donors (Lipinski definition) is 0. The Morgan fingerprint density at radius 2 is 2.36 bits per heavy atom. The predicted molar refractivity (Wildman–Crippen MR) is 54.4 cm³/mol. The molecule has 0 saturated heterocycles. The van der Waals surface area contributed by atoms with Gasteiger partial charge in [-0.15, -0.1) is 0 Å². The monoisotopic (exact) mass is 212 g/mol. The first kappa shape index (κ1) is 9.71. The van der Waals surface area contributed by atoms with Gasteiger partial charge in [-0.25, -0.2) is 0 Å². The Morgan fingerprint density at radius 3 is 2.79 bits per heavy atom. The molecule has 1 fully saturated rings. The standard InChI is InChI=1S/C10H13ClN2O/c1-10(4-3-7(14)5-10)9-8(11)6-12-13(9)2/h6H,3-5H2,1-2H3. The average Bonchev–Trinajstić information content (AvgIpc) is 2.58. The zero-order valence-corrected chi connectivity index (χ0v) is 9.14. The van der Waals surface area contributed by atoms with Gasteiger partial charge in [0.25, 0.3) is 0 Å². The third kappa shape index (κ3) is 1.36. The highest BCUT2D eigenvalue weighted by atomic mass is 35.5. The Kier molecular flexibility index (Phi) is 2.14. The maximum atomic E-state index is 11.3. The van der Waals surface area contributed by atoms with Crippen LogP contribution in [0.1, 0.15) is 31.9 Å². The van der Waals surface area contributed by atoms with E-state index < -0.39 is 0 Å². The van der Waals surface area contributed by atoms with E-state index in [0.717, 1.165) is 12.1 Å². The first-order chi connectivity index (χ1) is 6.53. The predicted octanol–water partition coefficient (Wildman–Crippen LogP) is 2.08. The lowest BCUT2D eigenvalue weighted by Crippen LogP contribution is -2.22. The van der Waals surface area contributed by atoms with Crippen molar-refractivity contribution in [3.8, 4) is 0 Å². The van der Waals surface area contributed by atoms with Crippen molar-refractivity contribution in [2.75, 3.05) is 0 Å². The molecule has 76 valence electrons. The van der Waals surface area contributed by atoms with Crippen molar-refractivity contribution in [1.29, 1.82) is 0 Å². The number of carbonyl (C=O) groups excluding carboxylic acids is 1. The number of aryl methyl sites for hydroxylation is 1. The molecule has 0 amide bonds. The summed E-state index contributed by atoms with van der Waals surface area (Å²) in [6.07, 6.45) is 3.78. The van der Waals surface area contributed by atoms with Gasteiger partial charge < -0.3 is 0 Å². The molecule has 14 heavy (non-hydrogen) atoms. The molecule has 3 nitrogen and oxygen atoms in total. The Bertz CT molecular complexity index is 366. The summed E-state index contributed by atoms with van der Waals surface area (Å²) in [4.78, 5) is 11.3. The number of Topliss-reactive ketones (excluding diaryl/α,β-unsaturated/α-hetero) is 1. The smallest absolute Gasteiger partial charge is 0.133 e.